The third-order valence-electron chi connectivity index (χ3n) is 2.53. The van der Waals surface area contributed by atoms with Crippen molar-refractivity contribution in [2.75, 3.05) is 0 Å². The van der Waals surface area contributed by atoms with Gasteiger partial charge in [-0.15, -0.1) is 0 Å². The fraction of sp³-hybridized carbons (Fsp3) is 0. The summed E-state index contributed by atoms with van der Waals surface area (Å²) in [6, 6.07) is 1.26. The maximum absolute atomic E-state index is 13.9. The number of nitro benzene ring substituents is 1. The molecule has 0 radical (unpaired) electrons. The van der Waals surface area contributed by atoms with Crippen LogP contribution in [-0.4, -0.2) is 26.0 Å². The van der Waals surface area contributed by atoms with E-state index in [0.29, 0.717) is 18.3 Å². The minimum Gasteiger partial charge on any atom is -0.477 e. The number of rotatable bonds is 3. The number of halogens is 2. The van der Waals surface area contributed by atoms with Crippen molar-refractivity contribution in [1.29, 1.82) is 0 Å². The molecule has 1 aromatic carbocycles. The molecule has 0 amide bonds. The van der Waals surface area contributed by atoms with Crippen molar-refractivity contribution in [2.45, 2.75) is 0 Å². The molecule has 0 saturated heterocycles. The van der Waals surface area contributed by atoms with E-state index in [-0.39, 0.29) is 0 Å². The van der Waals surface area contributed by atoms with E-state index in [4.69, 9.17) is 5.11 Å². The van der Waals surface area contributed by atoms with Crippen LogP contribution in [0.2, 0.25) is 0 Å². The Hall–Kier alpha value is -3.17. The molecule has 1 heterocycles. The maximum atomic E-state index is 13.9. The molecule has 108 valence electrons. The molecule has 10 heteroatoms. The summed E-state index contributed by atoms with van der Waals surface area (Å²) in [4.78, 5) is 36.9. The van der Waals surface area contributed by atoms with Crippen molar-refractivity contribution < 1.29 is 23.6 Å². The van der Waals surface area contributed by atoms with Gasteiger partial charge in [-0.1, -0.05) is 0 Å². The second-order valence-corrected chi connectivity index (χ2v) is 3.79. The fourth-order valence-corrected chi connectivity index (χ4v) is 1.57. The molecule has 0 unspecified atom stereocenters. The van der Waals surface area contributed by atoms with Crippen molar-refractivity contribution in [3.05, 3.63) is 56.0 Å². The number of hydrogen-bond donors (Lipinski definition) is 2. The lowest BCUT2D eigenvalue weighted by atomic mass is 10.1. The Kier molecular flexibility index (Phi) is 3.44. The Balaban J connectivity index is 2.70. The molecule has 0 spiro atoms. The summed E-state index contributed by atoms with van der Waals surface area (Å²) in [6.45, 7) is 0. The zero-order chi connectivity index (χ0) is 15.7. The van der Waals surface area contributed by atoms with Gasteiger partial charge in [0.15, 0.2) is 0 Å². The first-order valence-corrected chi connectivity index (χ1v) is 5.28. The van der Waals surface area contributed by atoms with Crippen LogP contribution >= 0.6 is 0 Å². The first-order valence-electron chi connectivity index (χ1n) is 5.28. The topological polar surface area (TPSA) is 126 Å². The molecule has 0 aliphatic carbocycles. The normalized spacial score (nSPS) is 10.4. The van der Waals surface area contributed by atoms with Gasteiger partial charge in [0.05, 0.1) is 10.5 Å². The van der Waals surface area contributed by atoms with Crippen molar-refractivity contribution in [2.24, 2.45) is 0 Å². The van der Waals surface area contributed by atoms with Crippen molar-refractivity contribution >= 4 is 11.7 Å². The lowest BCUT2D eigenvalue weighted by molar-refractivity contribution is -0.387. The molecule has 1 aromatic heterocycles. The summed E-state index contributed by atoms with van der Waals surface area (Å²) < 4.78 is 27.5. The number of aromatic carboxylic acids is 1. The van der Waals surface area contributed by atoms with Crippen molar-refractivity contribution in [3.8, 4) is 11.4 Å². The Bertz CT molecular complexity index is 818. The molecule has 2 aromatic rings. The molecular weight excluding hydrogens is 292 g/mol. The summed E-state index contributed by atoms with van der Waals surface area (Å²) in [5.41, 5.74) is -3.79. The average molecular weight is 297 g/mol. The highest BCUT2D eigenvalue weighted by atomic mass is 19.1. The second kappa shape index (κ2) is 5.07. The molecule has 2 rings (SSSR count). The van der Waals surface area contributed by atoms with Crippen LogP contribution in [0, 0.1) is 21.7 Å². The predicted octanol–water partition coefficient (Wildman–Crippen LogP) is 1.32. The van der Waals surface area contributed by atoms with Crippen LogP contribution in [0.1, 0.15) is 10.4 Å². The number of benzene rings is 1. The first-order chi connectivity index (χ1) is 9.82. The zero-order valence-corrected chi connectivity index (χ0v) is 9.96. The maximum Gasteiger partial charge on any atom is 0.342 e. The van der Waals surface area contributed by atoms with E-state index in [1.54, 1.807) is 0 Å². The smallest absolute Gasteiger partial charge is 0.342 e. The van der Waals surface area contributed by atoms with E-state index in [0.717, 1.165) is 0 Å². The standard InChI is InChI=1S/C11H5F2N3O5/c12-5-1-2-6(16(20)21)8(13)7(5)9-14-3-4(11(18)19)10(17)15-9/h1-3H,(H,18,19)(H,14,15,17). The molecular formula is C11H5F2N3O5. The number of aromatic nitrogens is 2. The van der Waals surface area contributed by atoms with Gasteiger partial charge >= 0.3 is 11.7 Å². The molecule has 0 aliphatic rings. The molecule has 21 heavy (non-hydrogen) atoms. The zero-order valence-electron chi connectivity index (χ0n) is 9.96. The van der Waals surface area contributed by atoms with E-state index in [9.17, 15) is 28.5 Å². The SMILES string of the molecule is O=C(O)c1cnc(-c2c(F)ccc([N+](=O)[O-])c2F)[nH]c1=O. The van der Waals surface area contributed by atoms with E-state index in [1.807, 2.05) is 4.98 Å². The van der Waals surface area contributed by atoms with Crippen LogP contribution in [0.25, 0.3) is 11.4 Å². The summed E-state index contributed by atoms with van der Waals surface area (Å²) >= 11 is 0. The number of H-pyrrole nitrogens is 1. The number of nitrogens with one attached hydrogen (secondary N) is 1. The van der Waals surface area contributed by atoms with Gasteiger partial charge < -0.3 is 10.1 Å². The third-order valence-corrected chi connectivity index (χ3v) is 2.53. The summed E-state index contributed by atoms with van der Waals surface area (Å²) in [5, 5.41) is 19.3. The number of hydrogen-bond acceptors (Lipinski definition) is 5. The molecule has 0 saturated carbocycles. The Labute approximate surface area is 113 Å². The minimum atomic E-state index is -1.57. The molecule has 2 N–H and O–H groups in total. The Morgan fingerprint density at radius 2 is 2.05 bits per heavy atom. The third kappa shape index (κ3) is 2.45. The highest BCUT2D eigenvalue weighted by Crippen LogP contribution is 2.28. The second-order valence-electron chi connectivity index (χ2n) is 3.79. The molecule has 8 nitrogen and oxygen atoms in total. The lowest BCUT2D eigenvalue weighted by Crippen LogP contribution is -2.19. The molecule has 0 bridgehead atoms. The number of carboxylic acids is 1. The van der Waals surface area contributed by atoms with E-state index >= 15 is 0 Å². The highest BCUT2D eigenvalue weighted by molar-refractivity contribution is 5.86. The number of nitrogens with zero attached hydrogens (tertiary/aromatic N) is 2. The van der Waals surface area contributed by atoms with Gasteiger partial charge in [0.1, 0.15) is 17.2 Å². The van der Waals surface area contributed by atoms with Gasteiger partial charge in [-0.25, -0.2) is 14.2 Å². The van der Waals surface area contributed by atoms with Gasteiger partial charge in [-0.3, -0.25) is 14.9 Å². The summed E-state index contributed by atoms with van der Waals surface area (Å²) in [7, 11) is 0. The van der Waals surface area contributed by atoms with Crippen LogP contribution in [0.5, 0.6) is 0 Å². The van der Waals surface area contributed by atoms with Gasteiger partial charge in [-0.2, -0.15) is 4.39 Å². The van der Waals surface area contributed by atoms with E-state index in [1.165, 1.54) is 0 Å². The Morgan fingerprint density at radius 1 is 1.38 bits per heavy atom. The van der Waals surface area contributed by atoms with E-state index < -0.39 is 50.7 Å². The number of carbonyl (C=O) groups is 1. The van der Waals surface area contributed by atoms with Crippen LogP contribution in [0.3, 0.4) is 0 Å². The predicted molar refractivity (Wildman–Crippen MR) is 63.8 cm³/mol. The van der Waals surface area contributed by atoms with Crippen LogP contribution in [0.15, 0.2) is 23.1 Å². The largest absolute Gasteiger partial charge is 0.477 e. The monoisotopic (exact) mass is 297 g/mol. The van der Waals surface area contributed by atoms with Crippen LogP contribution < -0.4 is 5.56 Å². The van der Waals surface area contributed by atoms with Gasteiger partial charge in [0, 0.05) is 12.3 Å². The average Bonchev–Trinajstić information content (AvgIpc) is 2.37. The number of nitro groups is 1. The Morgan fingerprint density at radius 3 is 2.57 bits per heavy atom. The number of aromatic amines is 1. The summed E-state index contributed by atoms with van der Waals surface area (Å²) in [5.74, 6) is -4.94. The number of carboxylic acid groups (broad SMARTS) is 1. The van der Waals surface area contributed by atoms with Crippen LogP contribution in [0.4, 0.5) is 14.5 Å². The molecule has 0 atom stereocenters. The molecule has 0 fully saturated rings. The first kappa shape index (κ1) is 14.2. The van der Waals surface area contributed by atoms with Crippen molar-refractivity contribution in [1.82, 2.24) is 9.97 Å². The van der Waals surface area contributed by atoms with E-state index in [2.05, 4.69) is 4.98 Å². The molecule has 0 aliphatic heterocycles. The van der Waals surface area contributed by atoms with Gasteiger partial charge in [0.2, 0.25) is 5.82 Å². The van der Waals surface area contributed by atoms with Crippen molar-refractivity contribution in [3.63, 3.8) is 0 Å². The fourth-order valence-electron chi connectivity index (χ4n) is 1.57. The van der Waals surface area contributed by atoms with Crippen LogP contribution in [-0.2, 0) is 0 Å². The summed E-state index contributed by atoms with van der Waals surface area (Å²) in [6.07, 6.45) is 0.605. The van der Waals surface area contributed by atoms with Gasteiger partial charge in [0.25, 0.3) is 5.56 Å². The highest BCUT2D eigenvalue weighted by Gasteiger charge is 2.24. The minimum absolute atomic E-state index is 0.605. The lowest BCUT2D eigenvalue weighted by Gasteiger charge is -2.05. The quantitative estimate of drug-likeness (QED) is 0.650. The van der Waals surface area contributed by atoms with Gasteiger partial charge in [-0.05, 0) is 6.07 Å².